The van der Waals surface area contributed by atoms with Gasteiger partial charge in [-0.2, -0.15) is 0 Å². The van der Waals surface area contributed by atoms with Crippen LogP contribution in [0.4, 0.5) is 0 Å². The Bertz CT molecular complexity index is 1800. The summed E-state index contributed by atoms with van der Waals surface area (Å²) in [6.07, 6.45) is 0. The van der Waals surface area contributed by atoms with Gasteiger partial charge in [0, 0.05) is 0 Å². The second-order valence-corrected chi connectivity index (χ2v) is 10.7. The Morgan fingerprint density at radius 2 is 0.946 bits per heavy atom. The molecular formula is C34H27BO2. The molecule has 0 radical (unpaired) electrons. The molecule has 1 aliphatic rings. The molecule has 0 atom stereocenters. The van der Waals surface area contributed by atoms with Gasteiger partial charge in [-0.1, -0.05) is 91.0 Å². The highest BCUT2D eigenvalue weighted by molar-refractivity contribution is 6.62. The van der Waals surface area contributed by atoms with E-state index in [4.69, 9.17) is 9.31 Å². The Hall–Kier alpha value is -3.92. The van der Waals surface area contributed by atoms with Crippen molar-refractivity contribution in [2.45, 2.75) is 19.4 Å². The van der Waals surface area contributed by atoms with E-state index in [1.54, 1.807) is 0 Å². The van der Waals surface area contributed by atoms with Crippen molar-refractivity contribution in [1.82, 2.24) is 0 Å². The molecule has 1 saturated heterocycles. The highest BCUT2D eigenvalue weighted by Gasteiger charge is 2.38. The summed E-state index contributed by atoms with van der Waals surface area (Å²) in [4.78, 5) is 0. The Balaban J connectivity index is 1.19. The maximum absolute atomic E-state index is 6.05. The molecule has 178 valence electrons. The van der Waals surface area contributed by atoms with Gasteiger partial charge in [0.1, 0.15) is 0 Å². The van der Waals surface area contributed by atoms with Crippen molar-refractivity contribution >= 4 is 44.9 Å². The summed E-state index contributed by atoms with van der Waals surface area (Å²) in [5, 5.41) is 7.44. The first-order valence-electron chi connectivity index (χ1n) is 12.9. The average molecular weight is 478 g/mol. The van der Waals surface area contributed by atoms with Crippen LogP contribution in [-0.2, 0) is 9.31 Å². The molecule has 2 nitrogen and oxygen atoms in total. The number of hydrogen-bond donors (Lipinski definition) is 0. The highest BCUT2D eigenvalue weighted by atomic mass is 16.7. The summed E-state index contributed by atoms with van der Waals surface area (Å²) in [5.74, 6) is 0. The smallest absolute Gasteiger partial charge is 0.404 e. The van der Waals surface area contributed by atoms with E-state index in [1.807, 2.05) is 0 Å². The van der Waals surface area contributed by atoms with E-state index in [-0.39, 0.29) is 12.7 Å². The van der Waals surface area contributed by atoms with Gasteiger partial charge >= 0.3 is 7.12 Å². The molecule has 1 heterocycles. The molecule has 0 saturated carbocycles. The van der Waals surface area contributed by atoms with Gasteiger partial charge in [0.15, 0.2) is 0 Å². The second kappa shape index (κ2) is 8.59. The first kappa shape index (κ1) is 22.3. The molecule has 0 spiro atoms. The SMILES string of the molecule is CC1(C)COB(c2ccc3cc(-c4ccc5cc(-c6ccc7ccccc7c6)ccc5c4)ccc3c2)O1. The summed E-state index contributed by atoms with van der Waals surface area (Å²) < 4.78 is 11.9. The van der Waals surface area contributed by atoms with Gasteiger partial charge in [-0.3, -0.25) is 0 Å². The van der Waals surface area contributed by atoms with E-state index in [2.05, 4.69) is 129 Å². The van der Waals surface area contributed by atoms with Gasteiger partial charge in [-0.25, -0.2) is 0 Å². The van der Waals surface area contributed by atoms with E-state index < -0.39 is 0 Å². The zero-order valence-corrected chi connectivity index (χ0v) is 21.1. The first-order chi connectivity index (χ1) is 18.0. The van der Waals surface area contributed by atoms with Crippen LogP contribution in [0.2, 0.25) is 0 Å². The lowest BCUT2D eigenvalue weighted by molar-refractivity contribution is 0.137. The fourth-order valence-electron chi connectivity index (χ4n) is 5.36. The van der Waals surface area contributed by atoms with Crippen molar-refractivity contribution in [1.29, 1.82) is 0 Å². The third kappa shape index (κ3) is 4.21. The average Bonchev–Trinajstić information content (AvgIpc) is 3.31. The maximum atomic E-state index is 6.05. The van der Waals surface area contributed by atoms with E-state index in [9.17, 15) is 0 Å². The molecule has 1 aliphatic heterocycles. The van der Waals surface area contributed by atoms with Gasteiger partial charge in [0.2, 0.25) is 0 Å². The number of rotatable bonds is 3. The molecule has 1 fully saturated rings. The Kier molecular flexibility index (Phi) is 5.17. The van der Waals surface area contributed by atoms with Crippen LogP contribution in [0.3, 0.4) is 0 Å². The van der Waals surface area contributed by atoms with Crippen molar-refractivity contribution in [2.24, 2.45) is 0 Å². The third-order valence-electron chi connectivity index (χ3n) is 7.40. The second-order valence-electron chi connectivity index (χ2n) is 10.7. The monoisotopic (exact) mass is 478 g/mol. The van der Waals surface area contributed by atoms with Crippen LogP contribution < -0.4 is 5.46 Å². The van der Waals surface area contributed by atoms with Crippen molar-refractivity contribution in [3.63, 3.8) is 0 Å². The number of benzene rings is 6. The lowest BCUT2D eigenvalue weighted by Crippen LogP contribution is -2.34. The fourth-order valence-corrected chi connectivity index (χ4v) is 5.36. The molecule has 0 unspecified atom stereocenters. The van der Waals surface area contributed by atoms with Gasteiger partial charge in [0.25, 0.3) is 0 Å². The minimum absolute atomic E-state index is 0.240. The minimum atomic E-state index is -0.293. The normalized spacial score (nSPS) is 15.1. The topological polar surface area (TPSA) is 18.5 Å². The van der Waals surface area contributed by atoms with Crippen LogP contribution in [0.5, 0.6) is 0 Å². The summed E-state index contributed by atoms with van der Waals surface area (Å²) in [6, 6.07) is 41.9. The first-order valence-corrected chi connectivity index (χ1v) is 12.9. The molecule has 0 aromatic heterocycles. The van der Waals surface area contributed by atoms with Crippen LogP contribution in [0.15, 0.2) is 115 Å². The van der Waals surface area contributed by atoms with Crippen molar-refractivity contribution < 1.29 is 9.31 Å². The van der Waals surface area contributed by atoms with Crippen LogP contribution in [0, 0.1) is 0 Å². The predicted octanol–water partition coefficient (Wildman–Crippen LogP) is 8.00. The van der Waals surface area contributed by atoms with E-state index in [0.717, 1.165) is 5.46 Å². The quantitative estimate of drug-likeness (QED) is 0.240. The Morgan fingerprint density at radius 1 is 0.514 bits per heavy atom. The van der Waals surface area contributed by atoms with E-state index in [1.165, 1.54) is 54.6 Å². The summed E-state index contributed by atoms with van der Waals surface area (Å²) >= 11 is 0. The zero-order valence-electron chi connectivity index (χ0n) is 21.1. The highest BCUT2D eigenvalue weighted by Crippen LogP contribution is 2.31. The minimum Gasteiger partial charge on any atom is -0.404 e. The van der Waals surface area contributed by atoms with Crippen molar-refractivity contribution in [2.75, 3.05) is 6.61 Å². The largest absolute Gasteiger partial charge is 0.494 e. The van der Waals surface area contributed by atoms with Crippen LogP contribution >= 0.6 is 0 Å². The van der Waals surface area contributed by atoms with Gasteiger partial charge in [-0.05, 0) is 98.1 Å². The molecular weight excluding hydrogens is 451 g/mol. The number of fused-ring (bicyclic) bond motifs is 3. The van der Waals surface area contributed by atoms with Crippen LogP contribution in [0.25, 0.3) is 54.6 Å². The molecule has 0 amide bonds. The zero-order chi connectivity index (χ0) is 25.0. The van der Waals surface area contributed by atoms with Gasteiger partial charge < -0.3 is 9.31 Å². The Labute approximate surface area is 217 Å². The lowest BCUT2D eigenvalue weighted by atomic mass is 9.78. The van der Waals surface area contributed by atoms with E-state index in [0.29, 0.717) is 6.61 Å². The van der Waals surface area contributed by atoms with Crippen molar-refractivity contribution in [3.05, 3.63) is 115 Å². The van der Waals surface area contributed by atoms with Crippen LogP contribution in [-0.4, -0.2) is 19.3 Å². The summed E-state index contributed by atoms with van der Waals surface area (Å²) in [7, 11) is -0.293. The standard InChI is InChI=1S/C34H27BO2/c1-34(2)22-36-35(37-34)33-16-15-31-20-30(13-14-32(31)21-33)29-12-11-27-18-26(9-10-28(27)19-29)25-8-7-23-5-3-4-6-24(23)17-25/h3-21H,22H2,1-2H3. The summed E-state index contributed by atoms with van der Waals surface area (Å²) in [5.41, 5.74) is 5.76. The fraction of sp³-hybridized carbons (Fsp3) is 0.118. The molecule has 6 aromatic carbocycles. The van der Waals surface area contributed by atoms with Crippen LogP contribution in [0.1, 0.15) is 13.8 Å². The molecule has 0 N–H and O–H groups in total. The molecule has 0 aliphatic carbocycles. The van der Waals surface area contributed by atoms with Crippen molar-refractivity contribution in [3.8, 4) is 22.3 Å². The predicted molar refractivity (Wildman–Crippen MR) is 156 cm³/mol. The maximum Gasteiger partial charge on any atom is 0.494 e. The number of hydrogen-bond acceptors (Lipinski definition) is 2. The van der Waals surface area contributed by atoms with E-state index >= 15 is 0 Å². The van der Waals surface area contributed by atoms with Gasteiger partial charge in [-0.15, -0.1) is 0 Å². The Morgan fingerprint density at radius 3 is 1.46 bits per heavy atom. The molecule has 37 heavy (non-hydrogen) atoms. The molecule has 3 heteroatoms. The third-order valence-corrected chi connectivity index (χ3v) is 7.40. The lowest BCUT2D eigenvalue weighted by Gasteiger charge is -2.15. The molecule has 6 aromatic rings. The molecule has 7 rings (SSSR count). The molecule has 0 bridgehead atoms. The van der Waals surface area contributed by atoms with Gasteiger partial charge in [0.05, 0.1) is 12.2 Å². The summed E-state index contributed by atoms with van der Waals surface area (Å²) in [6.45, 7) is 4.74.